The number of benzene rings is 2. The van der Waals surface area contributed by atoms with Gasteiger partial charge in [-0.3, -0.25) is 9.48 Å². The molecule has 0 unspecified atom stereocenters. The van der Waals surface area contributed by atoms with E-state index in [-0.39, 0.29) is 17.9 Å². The number of carbonyl (C=O) groups excluding carboxylic acids is 2. The van der Waals surface area contributed by atoms with Gasteiger partial charge >= 0.3 is 5.97 Å². The van der Waals surface area contributed by atoms with Crippen LogP contribution in [0.4, 0.5) is 5.69 Å². The van der Waals surface area contributed by atoms with Gasteiger partial charge in [0.15, 0.2) is 6.61 Å². The van der Waals surface area contributed by atoms with Crippen molar-refractivity contribution in [3.8, 4) is 0 Å². The van der Waals surface area contributed by atoms with Crippen LogP contribution in [0, 0.1) is 0 Å². The van der Waals surface area contributed by atoms with E-state index in [1.54, 1.807) is 23.0 Å². The molecule has 1 N–H and O–H groups in total. The zero-order chi connectivity index (χ0) is 20.9. The SMILES string of the molecule is CC(C)(C)c1ccc(NC(=O)COC(=O)c2ccc(Cn3cccn3)cc2)cc1. The number of rotatable bonds is 6. The Labute approximate surface area is 170 Å². The van der Waals surface area contributed by atoms with Gasteiger partial charge in [0.05, 0.1) is 12.1 Å². The van der Waals surface area contributed by atoms with E-state index in [2.05, 4.69) is 31.2 Å². The van der Waals surface area contributed by atoms with Crippen molar-refractivity contribution in [3.05, 3.63) is 83.7 Å². The predicted molar refractivity (Wildman–Crippen MR) is 112 cm³/mol. The number of ether oxygens (including phenoxy) is 1. The minimum absolute atomic E-state index is 0.0476. The highest BCUT2D eigenvalue weighted by molar-refractivity contribution is 5.95. The number of esters is 1. The lowest BCUT2D eigenvalue weighted by atomic mass is 9.87. The Morgan fingerprint density at radius 2 is 1.72 bits per heavy atom. The van der Waals surface area contributed by atoms with Crippen molar-refractivity contribution in [2.75, 3.05) is 11.9 Å². The van der Waals surface area contributed by atoms with Crippen LogP contribution >= 0.6 is 0 Å². The van der Waals surface area contributed by atoms with E-state index in [9.17, 15) is 9.59 Å². The molecule has 0 atom stereocenters. The van der Waals surface area contributed by atoms with Crippen LogP contribution < -0.4 is 5.32 Å². The van der Waals surface area contributed by atoms with Crippen molar-refractivity contribution in [1.29, 1.82) is 0 Å². The molecule has 0 aliphatic heterocycles. The molecule has 0 aliphatic carbocycles. The molecular formula is C23H25N3O3. The van der Waals surface area contributed by atoms with Crippen molar-refractivity contribution in [3.63, 3.8) is 0 Å². The fourth-order valence-corrected chi connectivity index (χ4v) is 2.79. The van der Waals surface area contributed by atoms with Crippen molar-refractivity contribution < 1.29 is 14.3 Å². The summed E-state index contributed by atoms with van der Waals surface area (Å²) in [5, 5.41) is 6.88. The van der Waals surface area contributed by atoms with E-state index in [4.69, 9.17) is 4.74 Å². The molecule has 1 heterocycles. The fourth-order valence-electron chi connectivity index (χ4n) is 2.79. The summed E-state index contributed by atoms with van der Waals surface area (Å²) in [6.07, 6.45) is 3.59. The number of hydrogen-bond donors (Lipinski definition) is 1. The maximum Gasteiger partial charge on any atom is 0.338 e. The first-order valence-electron chi connectivity index (χ1n) is 9.45. The van der Waals surface area contributed by atoms with Crippen LogP contribution in [0.15, 0.2) is 67.0 Å². The minimum Gasteiger partial charge on any atom is -0.452 e. The maximum absolute atomic E-state index is 12.2. The Balaban J connectivity index is 1.49. The first kappa shape index (κ1) is 20.3. The molecular weight excluding hydrogens is 366 g/mol. The zero-order valence-electron chi connectivity index (χ0n) is 16.9. The summed E-state index contributed by atoms with van der Waals surface area (Å²) >= 11 is 0. The van der Waals surface area contributed by atoms with Gasteiger partial charge in [0, 0.05) is 18.1 Å². The summed E-state index contributed by atoms with van der Waals surface area (Å²) in [5.41, 5.74) is 3.31. The van der Waals surface area contributed by atoms with E-state index in [1.165, 1.54) is 5.56 Å². The third-order valence-corrected chi connectivity index (χ3v) is 4.46. The van der Waals surface area contributed by atoms with Gasteiger partial charge in [-0.2, -0.15) is 5.10 Å². The standard InChI is InChI=1S/C23H25N3O3/c1-23(2,3)19-9-11-20(12-10-19)25-21(27)16-29-22(28)18-7-5-17(6-8-18)15-26-14-4-13-24-26/h4-14H,15-16H2,1-3H3,(H,25,27). The van der Waals surface area contributed by atoms with Crippen molar-refractivity contribution in [1.82, 2.24) is 9.78 Å². The molecule has 0 spiro atoms. The quantitative estimate of drug-likeness (QED) is 0.644. The Morgan fingerprint density at radius 3 is 2.31 bits per heavy atom. The van der Waals surface area contributed by atoms with Gasteiger partial charge in [-0.25, -0.2) is 4.79 Å². The average Bonchev–Trinajstić information content (AvgIpc) is 3.19. The van der Waals surface area contributed by atoms with Crippen LogP contribution in [0.2, 0.25) is 0 Å². The Morgan fingerprint density at radius 1 is 1.03 bits per heavy atom. The molecule has 1 amide bonds. The maximum atomic E-state index is 12.2. The van der Waals surface area contributed by atoms with Gasteiger partial charge in [-0.15, -0.1) is 0 Å². The second kappa shape index (κ2) is 8.73. The number of aromatic nitrogens is 2. The first-order chi connectivity index (χ1) is 13.8. The van der Waals surface area contributed by atoms with Gasteiger partial charge in [0.25, 0.3) is 5.91 Å². The zero-order valence-corrected chi connectivity index (χ0v) is 16.9. The Bertz CT molecular complexity index is 954. The molecule has 0 bridgehead atoms. The molecule has 0 radical (unpaired) electrons. The summed E-state index contributed by atoms with van der Waals surface area (Å²) in [7, 11) is 0. The number of amides is 1. The van der Waals surface area contributed by atoms with E-state index in [0.29, 0.717) is 17.8 Å². The third kappa shape index (κ3) is 5.78. The molecule has 1 aromatic heterocycles. The summed E-state index contributed by atoms with van der Waals surface area (Å²) in [4.78, 5) is 24.2. The predicted octanol–water partition coefficient (Wildman–Crippen LogP) is 4.02. The minimum atomic E-state index is -0.533. The molecule has 6 nitrogen and oxygen atoms in total. The monoisotopic (exact) mass is 391 g/mol. The molecule has 0 saturated carbocycles. The number of anilines is 1. The molecule has 150 valence electrons. The highest BCUT2D eigenvalue weighted by Crippen LogP contribution is 2.23. The smallest absolute Gasteiger partial charge is 0.338 e. The molecule has 2 aromatic carbocycles. The molecule has 29 heavy (non-hydrogen) atoms. The van der Waals surface area contributed by atoms with Crippen LogP contribution in [0.1, 0.15) is 42.3 Å². The van der Waals surface area contributed by atoms with Crippen LogP contribution in [0.25, 0.3) is 0 Å². The normalized spacial score (nSPS) is 11.1. The van der Waals surface area contributed by atoms with Crippen molar-refractivity contribution >= 4 is 17.6 Å². The number of nitrogens with one attached hydrogen (secondary N) is 1. The topological polar surface area (TPSA) is 73.2 Å². The number of nitrogens with zero attached hydrogens (tertiary/aromatic N) is 2. The Kier molecular flexibility index (Phi) is 6.12. The highest BCUT2D eigenvalue weighted by atomic mass is 16.5. The third-order valence-electron chi connectivity index (χ3n) is 4.46. The lowest BCUT2D eigenvalue weighted by Crippen LogP contribution is -2.21. The van der Waals surface area contributed by atoms with Crippen molar-refractivity contribution in [2.45, 2.75) is 32.7 Å². The van der Waals surface area contributed by atoms with Crippen LogP contribution in [-0.4, -0.2) is 28.3 Å². The molecule has 0 saturated heterocycles. The molecule has 0 fully saturated rings. The summed E-state index contributed by atoms with van der Waals surface area (Å²) in [5.74, 6) is -0.911. The second-order valence-electron chi connectivity index (χ2n) is 7.85. The van der Waals surface area contributed by atoms with Gasteiger partial charge in [-0.1, -0.05) is 45.0 Å². The number of carbonyl (C=O) groups is 2. The van der Waals surface area contributed by atoms with E-state index in [0.717, 1.165) is 5.56 Å². The summed E-state index contributed by atoms with van der Waals surface area (Å²) < 4.78 is 6.91. The van der Waals surface area contributed by atoms with Gasteiger partial charge in [-0.05, 0) is 46.9 Å². The van der Waals surface area contributed by atoms with Gasteiger partial charge < -0.3 is 10.1 Å². The van der Waals surface area contributed by atoms with Crippen molar-refractivity contribution in [2.24, 2.45) is 0 Å². The van der Waals surface area contributed by atoms with Crippen LogP contribution in [0.5, 0.6) is 0 Å². The fraction of sp³-hybridized carbons (Fsp3) is 0.261. The summed E-state index contributed by atoms with van der Waals surface area (Å²) in [6.45, 7) is 6.67. The van der Waals surface area contributed by atoms with E-state index >= 15 is 0 Å². The van der Waals surface area contributed by atoms with Gasteiger partial charge in [0.1, 0.15) is 0 Å². The van der Waals surface area contributed by atoms with E-state index in [1.807, 2.05) is 48.7 Å². The largest absolute Gasteiger partial charge is 0.452 e. The average molecular weight is 391 g/mol. The lowest BCUT2D eigenvalue weighted by molar-refractivity contribution is -0.119. The molecule has 3 rings (SSSR count). The van der Waals surface area contributed by atoms with E-state index < -0.39 is 5.97 Å². The summed E-state index contributed by atoms with van der Waals surface area (Å²) in [6, 6.07) is 16.6. The highest BCUT2D eigenvalue weighted by Gasteiger charge is 2.14. The van der Waals surface area contributed by atoms with Crippen LogP contribution in [-0.2, 0) is 21.5 Å². The molecule has 6 heteroatoms. The molecule has 3 aromatic rings. The first-order valence-corrected chi connectivity index (χ1v) is 9.45. The lowest BCUT2D eigenvalue weighted by Gasteiger charge is -2.19. The Hall–Kier alpha value is -3.41. The number of hydrogen-bond acceptors (Lipinski definition) is 4. The molecule has 0 aliphatic rings. The van der Waals surface area contributed by atoms with Gasteiger partial charge in [0.2, 0.25) is 0 Å². The van der Waals surface area contributed by atoms with Crippen LogP contribution in [0.3, 0.4) is 0 Å². The second-order valence-corrected chi connectivity index (χ2v) is 7.85.